The van der Waals surface area contributed by atoms with Crippen molar-refractivity contribution in [1.82, 2.24) is 36.9 Å². The molecule has 0 saturated carbocycles. The molecular formula is C52H65N7Na2O10. The Kier molecular flexibility index (Phi) is 24.0. The van der Waals surface area contributed by atoms with Crippen LogP contribution in [0.15, 0.2) is 79.0 Å². The number of para-hydroxylation sites is 1. The minimum atomic E-state index is -1.79. The van der Waals surface area contributed by atoms with Gasteiger partial charge >= 0.3 is 59.1 Å². The molecule has 1 aromatic heterocycles. The van der Waals surface area contributed by atoms with E-state index in [1.54, 1.807) is 40.0 Å². The Labute approximate surface area is 459 Å². The Bertz CT molecular complexity index is 2470. The summed E-state index contributed by atoms with van der Waals surface area (Å²) < 4.78 is 0. The molecule has 19 heteroatoms. The van der Waals surface area contributed by atoms with Gasteiger partial charge in [-0.15, -0.1) is 0 Å². The van der Waals surface area contributed by atoms with Crippen LogP contribution in [-0.4, -0.2) is 88.6 Å². The Balaban J connectivity index is 0.00000666. The molecule has 1 aliphatic carbocycles. The predicted molar refractivity (Wildman–Crippen MR) is 254 cm³/mol. The van der Waals surface area contributed by atoms with Crippen molar-refractivity contribution >= 4 is 58.3 Å². The van der Waals surface area contributed by atoms with Gasteiger partial charge < -0.3 is 56.7 Å². The van der Waals surface area contributed by atoms with Crippen LogP contribution < -0.4 is 101 Å². The second kappa shape index (κ2) is 28.3. The number of hydrogen-bond acceptors (Lipinski definition) is 10. The molecule has 4 aromatic rings. The van der Waals surface area contributed by atoms with Gasteiger partial charge in [0.2, 0.25) is 35.4 Å². The molecule has 3 aromatic carbocycles. The number of carbonyl (C=O) groups is 8. The Hall–Kier alpha value is -5.04. The fraction of sp³-hybridized carbons (Fsp3) is 0.462. The smallest absolute Gasteiger partial charge is 0.550 e. The molecule has 7 N–H and O–H groups in total. The first-order valence-corrected chi connectivity index (χ1v) is 23.7. The third-order valence-electron chi connectivity index (χ3n) is 13.0. The van der Waals surface area contributed by atoms with Gasteiger partial charge in [-0.1, -0.05) is 121 Å². The summed E-state index contributed by atoms with van der Waals surface area (Å²) in [6, 6.07) is 14.2. The molecule has 8 unspecified atom stereocenters. The van der Waals surface area contributed by atoms with E-state index in [9.17, 15) is 48.6 Å². The molecule has 1 aliphatic rings. The molecule has 8 atom stereocenters. The van der Waals surface area contributed by atoms with Crippen molar-refractivity contribution in [2.45, 2.75) is 136 Å². The summed E-state index contributed by atoms with van der Waals surface area (Å²) >= 11 is 0. The Morgan fingerprint density at radius 2 is 1.08 bits per heavy atom. The molecule has 0 aliphatic heterocycles. The first-order valence-electron chi connectivity index (χ1n) is 23.7. The number of H-pyrrole nitrogens is 1. The average Bonchev–Trinajstić information content (AvgIpc) is 3.64. The van der Waals surface area contributed by atoms with Crippen LogP contribution >= 0.6 is 0 Å². The van der Waals surface area contributed by atoms with Crippen molar-refractivity contribution in [3.8, 4) is 0 Å². The van der Waals surface area contributed by atoms with Gasteiger partial charge in [-0.05, 0) is 70.9 Å². The van der Waals surface area contributed by atoms with Crippen LogP contribution in [0.3, 0.4) is 0 Å². The van der Waals surface area contributed by atoms with E-state index >= 15 is 0 Å². The largest absolute Gasteiger partial charge is 1.00 e. The van der Waals surface area contributed by atoms with Crippen molar-refractivity contribution in [2.75, 3.05) is 0 Å². The van der Waals surface area contributed by atoms with E-state index in [-0.39, 0.29) is 77.9 Å². The van der Waals surface area contributed by atoms with E-state index in [2.05, 4.69) is 36.9 Å². The number of carbonyl (C=O) groups excluding carboxylic acids is 8. The van der Waals surface area contributed by atoms with Gasteiger partial charge in [-0.25, -0.2) is 0 Å². The summed E-state index contributed by atoms with van der Waals surface area (Å²) in [7, 11) is 0. The number of amides is 6. The van der Waals surface area contributed by atoms with Gasteiger partial charge in [0, 0.05) is 48.8 Å². The van der Waals surface area contributed by atoms with Crippen molar-refractivity contribution in [3.63, 3.8) is 0 Å². The van der Waals surface area contributed by atoms with E-state index in [4.69, 9.17) is 0 Å². The summed E-state index contributed by atoms with van der Waals surface area (Å²) in [5, 5.41) is 41.1. The molecule has 71 heavy (non-hydrogen) atoms. The zero-order valence-electron chi connectivity index (χ0n) is 42.3. The minimum Gasteiger partial charge on any atom is -0.550 e. The molecule has 5 rings (SSSR count). The van der Waals surface area contributed by atoms with Crippen molar-refractivity contribution in [3.05, 3.63) is 107 Å². The van der Waals surface area contributed by atoms with Crippen LogP contribution in [0.1, 0.15) is 108 Å². The number of aromatic amines is 1. The maximum atomic E-state index is 14.6. The average molecular weight is 994 g/mol. The number of benzene rings is 3. The van der Waals surface area contributed by atoms with Gasteiger partial charge in [-0.2, -0.15) is 0 Å². The number of nitrogens with one attached hydrogen (secondary N) is 7. The SMILES string of the molecule is CCC(C)C(NC(=O)C(CC(=O)[O-])NC(=O)C(CC(C)C)NC(=O)C(NC(C)=O)C1c2ccccc2CCc2ccccc21)C(=O)NC(C(=O)NC(Cc1c[nH]c2ccccc12)C(=O)[O-])C(C)CC.[Na+].[Na+]. The number of aryl methyl sites for hydroxylation is 2. The third kappa shape index (κ3) is 16.2. The van der Waals surface area contributed by atoms with Crippen LogP contribution in [0.2, 0.25) is 0 Å². The van der Waals surface area contributed by atoms with Crippen LogP contribution in [0, 0.1) is 17.8 Å². The number of hydrogen-bond donors (Lipinski definition) is 7. The fourth-order valence-electron chi connectivity index (χ4n) is 8.93. The molecule has 370 valence electrons. The van der Waals surface area contributed by atoms with E-state index in [0.717, 1.165) is 33.2 Å². The van der Waals surface area contributed by atoms with E-state index < -0.39 is 108 Å². The number of aromatic nitrogens is 1. The van der Waals surface area contributed by atoms with Crippen LogP contribution in [0.25, 0.3) is 10.9 Å². The van der Waals surface area contributed by atoms with Gasteiger partial charge in [-0.3, -0.25) is 28.8 Å². The van der Waals surface area contributed by atoms with E-state index in [1.165, 1.54) is 6.92 Å². The number of rotatable bonds is 23. The zero-order chi connectivity index (χ0) is 50.5. The zero-order valence-corrected chi connectivity index (χ0v) is 46.3. The molecule has 17 nitrogen and oxygen atoms in total. The standard InChI is InChI=1S/C52H67N7O10.2Na/c1-8-29(5)44(49(65)57-41(52(68)69)25-34-27-53-38-21-15-14-18-35(34)38)59-50(66)45(30(6)9-2)58-48(64)40(26-42(61)62)55-47(63)39(24-28(3)4)56-51(67)46(54-31(7)60)43-36-19-12-10-16-32(36)22-23-33-17-11-13-20-37(33)43;;/h10-21,27-30,39-41,43-46,53H,8-9,22-26H2,1-7H3,(H,54,60)(H,55,63)(H,56,67)(H,57,65)(H,58,64)(H,59,66)(H,61,62)(H,68,69);;/q;2*+1/p-2. The number of carboxylic acids is 2. The van der Waals surface area contributed by atoms with Gasteiger partial charge in [0.25, 0.3) is 0 Å². The number of aliphatic carboxylic acids is 2. The minimum absolute atomic E-state index is 0. The number of carboxylic acid groups (broad SMARTS) is 2. The second-order valence-corrected chi connectivity index (χ2v) is 18.6. The molecule has 1 heterocycles. The van der Waals surface area contributed by atoms with Gasteiger partial charge in [0.1, 0.15) is 30.2 Å². The topological polar surface area (TPSA) is 271 Å². The first-order chi connectivity index (χ1) is 32.8. The van der Waals surface area contributed by atoms with Crippen LogP contribution in [-0.2, 0) is 57.6 Å². The first kappa shape index (κ1) is 60.3. The van der Waals surface area contributed by atoms with E-state index in [1.807, 2.05) is 80.6 Å². The summed E-state index contributed by atoms with van der Waals surface area (Å²) in [6.07, 6.45) is 2.71. The predicted octanol–water partition coefficient (Wildman–Crippen LogP) is -4.39. The van der Waals surface area contributed by atoms with Crippen molar-refractivity contribution in [1.29, 1.82) is 0 Å². The molecule has 0 saturated heterocycles. The summed E-state index contributed by atoms with van der Waals surface area (Å²) in [6.45, 7) is 11.8. The molecule has 6 amide bonds. The molecule has 0 bridgehead atoms. The molecule has 0 spiro atoms. The summed E-state index contributed by atoms with van der Waals surface area (Å²) in [5.41, 5.74) is 5.08. The fourth-order valence-corrected chi connectivity index (χ4v) is 8.93. The molecular weight excluding hydrogens is 929 g/mol. The Morgan fingerprint density at radius 3 is 1.61 bits per heavy atom. The van der Waals surface area contributed by atoms with Gasteiger partial charge in [0.05, 0.1) is 12.0 Å². The summed E-state index contributed by atoms with van der Waals surface area (Å²) in [5.74, 6) is -9.89. The normalized spacial score (nSPS) is 15.4. The second-order valence-electron chi connectivity index (χ2n) is 18.6. The molecule has 0 radical (unpaired) electrons. The molecule has 0 fully saturated rings. The van der Waals surface area contributed by atoms with Crippen molar-refractivity contribution in [2.24, 2.45) is 17.8 Å². The van der Waals surface area contributed by atoms with Crippen molar-refractivity contribution < 1.29 is 108 Å². The quantitative estimate of drug-likeness (QED) is 0.0351. The Morgan fingerprint density at radius 1 is 0.606 bits per heavy atom. The maximum absolute atomic E-state index is 14.6. The monoisotopic (exact) mass is 993 g/mol. The maximum Gasteiger partial charge on any atom is 1.00 e. The summed E-state index contributed by atoms with van der Waals surface area (Å²) in [4.78, 5) is 111. The third-order valence-corrected chi connectivity index (χ3v) is 13.0. The van der Waals surface area contributed by atoms with Crippen LogP contribution in [0.5, 0.6) is 0 Å². The number of fused-ring (bicyclic) bond motifs is 3. The van der Waals surface area contributed by atoms with Crippen LogP contribution in [0.4, 0.5) is 0 Å². The van der Waals surface area contributed by atoms with Gasteiger partial charge in [0.15, 0.2) is 0 Å². The van der Waals surface area contributed by atoms with E-state index in [0.29, 0.717) is 31.2 Å².